The van der Waals surface area contributed by atoms with Crippen molar-refractivity contribution in [3.63, 3.8) is 0 Å². The number of nitrogens with one attached hydrogen (secondary N) is 1. The molecular weight excluding hydrogens is 398 g/mol. The first-order valence-electron chi connectivity index (χ1n) is 9.69. The van der Waals surface area contributed by atoms with Crippen molar-refractivity contribution in [3.8, 4) is 0 Å². The second kappa shape index (κ2) is 8.34. The topological polar surface area (TPSA) is 97.9 Å². The minimum Gasteiger partial charge on any atom is -0.299 e. The van der Waals surface area contributed by atoms with Crippen molar-refractivity contribution in [2.75, 3.05) is 30.7 Å². The van der Waals surface area contributed by atoms with Crippen molar-refractivity contribution in [2.24, 2.45) is 7.05 Å². The predicted octanol–water partition coefficient (Wildman–Crippen LogP) is 1.70. The summed E-state index contributed by atoms with van der Waals surface area (Å²) in [5.74, 6) is 2.08. The minimum atomic E-state index is -0.0598. The number of aromatic nitrogens is 5. The molecule has 0 spiro atoms. The molecule has 1 saturated heterocycles. The Morgan fingerprint density at radius 2 is 2.00 bits per heavy atom. The first-order valence-corrected chi connectivity index (χ1v) is 11.5. The van der Waals surface area contributed by atoms with Crippen molar-refractivity contribution in [2.45, 2.75) is 48.9 Å². The number of carbonyl (C=O) groups is 1. The van der Waals surface area contributed by atoms with Crippen LogP contribution in [-0.2, 0) is 11.8 Å². The fraction of sp³-hybridized carbons (Fsp3) is 0.706. The minimum absolute atomic E-state index is 0.00281. The molecule has 2 fully saturated rings. The van der Waals surface area contributed by atoms with Gasteiger partial charge >= 0.3 is 5.69 Å². The van der Waals surface area contributed by atoms with Gasteiger partial charge in [0.15, 0.2) is 4.34 Å². The number of rotatable bonds is 7. The van der Waals surface area contributed by atoms with Gasteiger partial charge in [-0.15, -0.1) is 10.2 Å². The van der Waals surface area contributed by atoms with Crippen LogP contribution in [-0.4, -0.2) is 60.7 Å². The summed E-state index contributed by atoms with van der Waals surface area (Å²) in [5, 5.41) is 16.0. The Kier molecular flexibility index (Phi) is 5.83. The van der Waals surface area contributed by atoms with Gasteiger partial charge in [-0.05, 0) is 44.5 Å². The molecule has 3 heterocycles. The molecule has 1 N–H and O–H groups in total. The third-order valence-corrected chi connectivity index (χ3v) is 6.99. The molecule has 0 aromatic carbocycles. The van der Waals surface area contributed by atoms with Crippen molar-refractivity contribution in [1.29, 1.82) is 0 Å². The molecular formula is C17H25N7O2S2. The number of amides is 1. The molecule has 2 aromatic heterocycles. The van der Waals surface area contributed by atoms with Crippen LogP contribution in [0.2, 0.25) is 0 Å². The fourth-order valence-electron chi connectivity index (χ4n) is 3.61. The van der Waals surface area contributed by atoms with E-state index in [9.17, 15) is 9.59 Å². The lowest BCUT2D eigenvalue weighted by Gasteiger charge is -2.30. The van der Waals surface area contributed by atoms with Crippen molar-refractivity contribution >= 4 is 34.1 Å². The summed E-state index contributed by atoms with van der Waals surface area (Å²) in [4.78, 5) is 26.8. The van der Waals surface area contributed by atoms with Crippen LogP contribution in [0.1, 0.15) is 50.4 Å². The molecule has 1 saturated carbocycles. The van der Waals surface area contributed by atoms with Crippen LogP contribution < -0.4 is 11.0 Å². The predicted molar refractivity (Wildman–Crippen MR) is 109 cm³/mol. The average molecular weight is 424 g/mol. The lowest BCUT2D eigenvalue weighted by atomic mass is 9.96. The standard InChI is InChI=1S/C17H25N7O2S2/c1-3-27-16-20-19-15(28-16)18-13(25)10-23-8-6-11(7-9-23)14-21-22(2)17(26)24(14)12-4-5-12/h11-12H,3-10H2,1-2H3,(H,18,19,25). The Morgan fingerprint density at radius 3 is 2.68 bits per heavy atom. The van der Waals surface area contributed by atoms with Gasteiger partial charge in [0.1, 0.15) is 5.82 Å². The number of nitrogens with zero attached hydrogens (tertiary/aromatic N) is 6. The van der Waals surface area contributed by atoms with Crippen LogP contribution >= 0.6 is 23.1 Å². The Morgan fingerprint density at radius 1 is 1.25 bits per heavy atom. The summed E-state index contributed by atoms with van der Waals surface area (Å²) in [7, 11) is 1.72. The number of likely N-dealkylation sites (tertiary alicyclic amines) is 1. The van der Waals surface area contributed by atoms with E-state index in [0.717, 1.165) is 54.7 Å². The van der Waals surface area contributed by atoms with E-state index in [0.29, 0.717) is 17.7 Å². The molecule has 0 radical (unpaired) electrons. The van der Waals surface area contributed by atoms with Crippen molar-refractivity contribution < 1.29 is 4.79 Å². The Labute approximate surface area is 171 Å². The number of aryl methyl sites for hydroxylation is 1. The second-order valence-corrected chi connectivity index (χ2v) is 9.76. The molecule has 28 heavy (non-hydrogen) atoms. The SMILES string of the molecule is CCSc1nnc(NC(=O)CN2CCC(c3nn(C)c(=O)n3C3CC3)CC2)s1. The zero-order valence-corrected chi connectivity index (χ0v) is 17.8. The molecule has 9 nitrogen and oxygen atoms in total. The van der Waals surface area contributed by atoms with Gasteiger partial charge in [0.05, 0.1) is 6.54 Å². The van der Waals surface area contributed by atoms with E-state index in [4.69, 9.17) is 0 Å². The van der Waals surface area contributed by atoms with Gasteiger partial charge in [-0.3, -0.25) is 19.6 Å². The summed E-state index contributed by atoms with van der Waals surface area (Å²) < 4.78 is 4.23. The van der Waals surface area contributed by atoms with Crippen LogP contribution in [0.15, 0.2) is 9.13 Å². The van der Waals surface area contributed by atoms with Gasteiger partial charge in [-0.1, -0.05) is 30.0 Å². The van der Waals surface area contributed by atoms with E-state index in [1.54, 1.807) is 18.8 Å². The number of hydrogen-bond donors (Lipinski definition) is 1. The number of carbonyl (C=O) groups excluding carboxylic acids is 1. The van der Waals surface area contributed by atoms with Crippen LogP contribution in [0.3, 0.4) is 0 Å². The largest absolute Gasteiger partial charge is 0.345 e. The maximum absolute atomic E-state index is 12.3. The first kappa shape index (κ1) is 19.6. The smallest absolute Gasteiger partial charge is 0.299 e. The van der Waals surface area contributed by atoms with E-state index in [1.807, 2.05) is 4.57 Å². The number of thioether (sulfide) groups is 1. The highest BCUT2D eigenvalue weighted by molar-refractivity contribution is 8.01. The first-order chi connectivity index (χ1) is 13.5. The summed E-state index contributed by atoms with van der Waals surface area (Å²) in [5.41, 5.74) is -0.00281. The van der Waals surface area contributed by atoms with Gasteiger partial charge < -0.3 is 0 Å². The third kappa shape index (κ3) is 4.31. The Bertz CT molecular complexity index is 894. The molecule has 1 amide bonds. The Hall–Kier alpha value is -1.72. The van der Waals surface area contributed by atoms with Gasteiger partial charge in [0.25, 0.3) is 0 Å². The summed E-state index contributed by atoms with van der Waals surface area (Å²) in [6, 6.07) is 0.336. The van der Waals surface area contributed by atoms with Gasteiger partial charge in [-0.2, -0.15) is 5.10 Å². The molecule has 4 rings (SSSR count). The molecule has 152 valence electrons. The molecule has 1 aliphatic heterocycles. The molecule has 1 aliphatic carbocycles. The van der Waals surface area contributed by atoms with Crippen LogP contribution in [0, 0.1) is 0 Å². The van der Waals surface area contributed by atoms with E-state index in [2.05, 4.69) is 32.4 Å². The monoisotopic (exact) mass is 423 g/mol. The van der Waals surface area contributed by atoms with E-state index < -0.39 is 0 Å². The molecule has 11 heteroatoms. The highest BCUT2D eigenvalue weighted by Crippen LogP contribution is 2.37. The van der Waals surface area contributed by atoms with Gasteiger partial charge in [-0.25, -0.2) is 9.48 Å². The zero-order valence-electron chi connectivity index (χ0n) is 16.1. The molecule has 0 bridgehead atoms. The average Bonchev–Trinajstić information content (AvgIpc) is 3.34. The van der Waals surface area contributed by atoms with E-state index in [1.165, 1.54) is 16.0 Å². The lowest BCUT2D eigenvalue weighted by molar-refractivity contribution is -0.117. The quantitative estimate of drug-likeness (QED) is 0.535. The maximum atomic E-state index is 12.3. The maximum Gasteiger partial charge on any atom is 0.345 e. The fourth-order valence-corrected chi connectivity index (χ4v) is 5.27. The summed E-state index contributed by atoms with van der Waals surface area (Å²) in [6.45, 7) is 4.05. The molecule has 2 aromatic rings. The van der Waals surface area contributed by atoms with Gasteiger partial charge in [0.2, 0.25) is 11.0 Å². The highest BCUT2D eigenvalue weighted by Gasteiger charge is 2.33. The highest BCUT2D eigenvalue weighted by atomic mass is 32.2. The number of hydrogen-bond acceptors (Lipinski definition) is 8. The van der Waals surface area contributed by atoms with Crippen LogP contribution in [0.4, 0.5) is 5.13 Å². The lowest BCUT2D eigenvalue weighted by Crippen LogP contribution is -2.39. The molecule has 0 unspecified atom stereocenters. The van der Waals surface area contributed by atoms with Crippen molar-refractivity contribution in [3.05, 3.63) is 16.3 Å². The summed E-state index contributed by atoms with van der Waals surface area (Å²) in [6.07, 6.45) is 3.96. The number of anilines is 1. The normalized spacial score (nSPS) is 18.5. The van der Waals surface area contributed by atoms with E-state index in [-0.39, 0.29) is 17.5 Å². The Balaban J connectivity index is 1.30. The number of piperidine rings is 1. The molecule has 2 aliphatic rings. The third-order valence-electron chi connectivity index (χ3n) is 5.13. The van der Waals surface area contributed by atoms with Crippen LogP contribution in [0.25, 0.3) is 0 Å². The zero-order chi connectivity index (χ0) is 19.7. The molecule has 0 atom stereocenters. The summed E-state index contributed by atoms with van der Waals surface area (Å²) >= 11 is 3.03. The van der Waals surface area contributed by atoms with Crippen LogP contribution in [0.5, 0.6) is 0 Å². The second-order valence-electron chi connectivity index (χ2n) is 7.27. The van der Waals surface area contributed by atoms with Crippen molar-refractivity contribution in [1.82, 2.24) is 29.4 Å². The van der Waals surface area contributed by atoms with E-state index >= 15 is 0 Å². The van der Waals surface area contributed by atoms with Gasteiger partial charge in [0, 0.05) is 19.0 Å².